The van der Waals surface area contributed by atoms with Crippen molar-refractivity contribution in [2.75, 3.05) is 32.8 Å². The van der Waals surface area contributed by atoms with E-state index in [0.717, 1.165) is 28.6 Å². The monoisotopic (exact) mass is 485 g/mol. The van der Waals surface area contributed by atoms with Crippen molar-refractivity contribution in [3.63, 3.8) is 0 Å². The third kappa shape index (κ3) is 4.92. The molecule has 0 radical (unpaired) electrons. The molecule has 172 valence electrons. The molecule has 4 rings (SSSR count). The molecule has 2 amide bonds. The molecule has 33 heavy (non-hydrogen) atoms. The molecule has 8 heteroatoms. The maximum absolute atomic E-state index is 13.2. The molecule has 1 fully saturated rings. The van der Waals surface area contributed by atoms with Crippen LogP contribution in [-0.4, -0.2) is 59.6 Å². The van der Waals surface area contributed by atoms with E-state index >= 15 is 0 Å². The number of carbonyl (C=O) groups excluding carboxylic acids is 2. The van der Waals surface area contributed by atoms with Crippen molar-refractivity contribution in [3.8, 4) is 11.3 Å². The minimum absolute atomic E-state index is 0.0926. The standard InChI is InChI=1S/C25H25Cl2N3O3/c1-3-14-33-25(32)30-12-10-29(11-13-30)24(31)18-6-9-20-21(15-18)28-23(16(2)22(20)27)17-4-7-19(26)8-5-17/h4-9,15H,3,10-14H2,1-2H3. The number of hydrogen-bond donors (Lipinski definition) is 0. The molecule has 0 atom stereocenters. The van der Waals surface area contributed by atoms with E-state index in [1.807, 2.05) is 44.2 Å². The summed E-state index contributed by atoms with van der Waals surface area (Å²) in [6.07, 6.45) is 0.460. The summed E-state index contributed by atoms with van der Waals surface area (Å²) < 4.78 is 5.19. The zero-order chi connectivity index (χ0) is 23.5. The topological polar surface area (TPSA) is 62.7 Å². The first-order chi connectivity index (χ1) is 15.9. The van der Waals surface area contributed by atoms with Crippen LogP contribution < -0.4 is 0 Å². The molecule has 6 nitrogen and oxygen atoms in total. The normalized spacial score (nSPS) is 13.9. The number of aromatic nitrogens is 1. The smallest absolute Gasteiger partial charge is 0.409 e. The number of pyridine rings is 1. The van der Waals surface area contributed by atoms with Gasteiger partial charge in [-0.15, -0.1) is 0 Å². The van der Waals surface area contributed by atoms with Crippen molar-refractivity contribution in [3.05, 3.63) is 63.6 Å². The lowest BCUT2D eigenvalue weighted by molar-refractivity contribution is 0.0560. The predicted molar refractivity (Wildman–Crippen MR) is 131 cm³/mol. The highest BCUT2D eigenvalue weighted by molar-refractivity contribution is 6.36. The number of hydrogen-bond acceptors (Lipinski definition) is 4. The second-order valence-corrected chi connectivity index (χ2v) is 8.85. The van der Waals surface area contributed by atoms with Crippen molar-refractivity contribution >= 4 is 46.1 Å². The Morgan fingerprint density at radius 3 is 2.33 bits per heavy atom. The number of amides is 2. The Morgan fingerprint density at radius 2 is 1.67 bits per heavy atom. The Hall–Kier alpha value is -2.83. The molecular weight excluding hydrogens is 461 g/mol. The van der Waals surface area contributed by atoms with Gasteiger partial charge in [0.05, 0.1) is 22.8 Å². The van der Waals surface area contributed by atoms with E-state index in [-0.39, 0.29) is 12.0 Å². The van der Waals surface area contributed by atoms with E-state index in [0.29, 0.717) is 53.9 Å². The first kappa shape index (κ1) is 23.3. The molecule has 0 aliphatic carbocycles. The molecular formula is C25H25Cl2N3O3. The Labute approximate surface area is 203 Å². The van der Waals surface area contributed by atoms with Crippen LogP contribution in [0.15, 0.2) is 42.5 Å². The van der Waals surface area contributed by atoms with Gasteiger partial charge in [0.1, 0.15) is 0 Å². The summed E-state index contributed by atoms with van der Waals surface area (Å²) in [5.74, 6) is -0.0926. The quantitative estimate of drug-likeness (QED) is 0.466. The summed E-state index contributed by atoms with van der Waals surface area (Å²) in [6.45, 7) is 6.10. The summed E-state index contributed by atoms with van der Waals surface area (Å²) in [5, 5.41) is 2.06. The third-order valence-corrected chi connectivity index (χ3v) is 6.51. The van der Waals surface area contributed by atoms with Crippen LogP contribution in [0.1, 0.15) is 29.3 Å². The van der Waals surface area contributed by atoms with Gasteiger partial charge in [-0.3, -0.25) is 4.79 Å². The van der Waals surface area contributed by atoms with Crippen LogP contribution in [0.3, 0.4) is 0 Å². The van der Waals surface area contributed by atoms with Crippen molar-refractivity contribution in [2.45, 2.75) is 20.3 Å². The summed E-state index contributed by atoms with van der Waals surface area (Å²) in [7, 11) is 0. The number of fused-ring (bicyclic) bond motifs is 1. The molecule has 0 spiro atoms. The Morgan fingerprint density at radius 1 is 1.00 bits per heavy atom. The number of rotatable bonds is 4. The molecule has 0 unspecified atom stereocenters. The lowest BCUT2D eigenvalue weighted by Crippen LogP contribution is -2.50. The Kier molecular flexibility index (Phi) is 7.05. The largest absolute Gasteiger partial charge is 0.449 e. The van der Waals surface area contributed by atoms with Crippen LogP contribution in [0.2, 0.25) is 10.0 Å². The first-order valence-corrected chi connectivity index (χ1v) is 11.7. The zero-order valence-corrected chi connectivity index (χ0v) is 20.1. The third-order valence-electron chi connectivity index (χ3n) is 5.77. The highest BCUT2D eigenvalue weighted by Crippen LogP contribution is 2.34. The van der Waals surface area contributed by atoms with Gasteiger partial charge in [-0.05, 0) is 43.2 Å². The van der Waals surface area contributed by atoms with E-state index in [2.05, 4.69) is 0 Å². The van der Waals surface area contributed by atoms with Crippen LogP contribution in [0.4, 0.5) is 4.79 Å². The highest BCUT2D eigenvalue weighted by atomic mass is 35.5. The van der Waals surface area contributed by atoms with Crippen molar-refractivity contribution in [1.29, 1.82) is 0 Å². The SMILES string of the molecule is CCCOC(=O)N1CCN(C(=O)c2ccc3c(Cl)c(C)c(-c4ccc(Cl)cc4)nc3c2)CC1. The number of piperazine rings is 1. The molecule has 0 N–H and O–H groups in total. The van der Waals surface area contributed by atoms with Gasteiger partial charge in [0, 0.05) is 47.7 Å². The van der Waals surface area contributed by atoms with E-state index in [1.165, 1.54) is 0 Å². The Balaban J connectivity index is 1.56. The number of carbonyl (C=O) groups is 2. The van der Waals surface area contributed by atoms with Gasteiger partial charge < -0.3 is 14.5 Å². The van der Waals surface area contributed by atoms with Crippen molar-refractivity contribution < 1.29 is 14.3 Å². The molecule has 0 bridgehead atoms. The summed E-state index contributed by atoms with van der Waals surface area (Å²) in [6, 6.07) is 12.8. The predicted octanol–water partition coefficient (Wildman–Crippen LogP) is 5.82. The van der Waals surface area contributed by atoms with E-state index in [4.69, 9.17) is 32.9 Å². The van der Waals surface area contributed by atoms with E-state index in [9.17, 15) is 9.59 Å². The fourth-order valence-electron chi connectivity index (χ4n) is 3.90. The van der Waals surface area contributed by atoms with Gasteiger partial charge in [0.15, 0.2) is 0 Å². The maximum Gasteiger partial charge on any atom is 0.409 e. The van der Waals surface area contributed by atoms with Gasteiger partial charge in [0.2, 0.25) is 0 Å². The second-order valence-electron chi connectivity index (χ2n) is 8.03. The number of benzene rings is 2. The number of halogens is 2. The zero-order valence-electron chi connectivity index (χ0n) is 18.6. The fraction of sp³-hybridized carbons (Fsp3) is 0.320. The Bertz CT molecular complexity index is 1190. The molecule has 1 aliphatic heterocycles. The molecule has 1 aliphatic rings. The number of ether oxygens (including phenoxy) is 1. The van der Waals surface area contributed by atoms with Crippen LogP contribution in [-0.2, 0) is 4.74 Å². The lowest BCUT2D eigenvalue weighted by Gasteiger charge is -2.34. The van der Waals surface area contributed by atoms with E-state index < -0.39 is 0 Å². The van der Waals surface area contributed by atoms with Gasteiger partial charge in [-0.2, -0.15) is 0 Å². The minimum atomic E-state index is -0.321. The molecule has 0 saturated carbocycles. The van der Waals surface area contributed by atoms with Crippen LogP contribution >= 0.6 is 23.2 Å². The molecule has 1 aromatic heterocycles. The summed E-state index contributed by atoms with van der Waals surface area (Å²) >= 11 is 12.7. The molecule has 2 aromatic carbocycles. The van der Waals surface area contributed by atoms with Crippen LogP contribution in [0.25, 0.3) is 22.2 Å². The molecule has 2 heterocycles. The first-order valence-electron chi connectivity index (χ1n) is 11.0. The molecule has 3 aromatic rings. The minimum Gasteiger partial charge on any atom is -0.449 e. The van der Waals surface area contributed by atoms with Gasteiger partial charge in [-0.25, -0.2) is 9.78 Å². The summed E-state index contributed by atoms with van der Waals surface area (Å²) in [5.41, 5.74) is 3.73. The lowest BCUT2D eigenvalue weighted by atomic mass is 10.0. The average Bonchev–Trinajstić information content (AvgIpc) is 2.84. The maximum atomic E-state index is 13.2. The summed E-state index contributed by atoms with van der Waals surface area (Å²) in [4.78, 5) is 33.4. The van der Waals surface area contributed by atoms with Crippen molar-refractivity contribution in [1.82, 2.24) is 14.8 Å². The van der Waals surface area contributed by atoms with Gasteiger partial charge in [-0.1, -0.05) is 48.3 Å². The fourth-order valence-corrected chi connectivity index (χ4v) is 4.27. The second kappa shape index (κ2) is 9.98. The highest BCUT2D eigenvalue weighted by Gasteiger charge is 2.26. The van der Waals surface area contributed by atoms with Crippen LogP contribution in [0, 0.1) is 6.92 Å². The van der Waals surface area contributed by atoms with E-state index in [1.54, 1.807) is 21.9 Å². The molecule has 1 saturated heterocycles. The average molecular weight is 486 g/mol. The van der Waals surface area contributed by atoms with Crippen LogP contribution in [0.5, 0.6) is 0 Å². The van der Waals surface area contributed by atoms with Crippen molar-refractivity contribution in [2.24, 2.45) is 0 Å². The number of nitrogens with zero attached hydrogens (tertiary/aromatic N) is 3. The van der Waals surface area contributed by atoms with Gasteiger partial charge in [0.25, 0.3) is 5.91 Å². The van der Waals surface area contributed by atoms with Gasteiger partial charge >= 0.3 is 6.09 Å².